The fourth-order valence-electron chi connectivity index (χ4n) is 0.770. The van der Waals surface area contributed by atoms with Crippen molar-refractivity contribution in [1.29, 1.82) is 0 Å². The summed E-state index contributed by atoms with van der Waals surface area (Å²) < 4.78 is 0. The van der Waals surface area contributed by atoms with Gasteiger partial charge in [-0.25, -0.2) is 5.84 Å². The van der Waals surface area contributed by atoms with Crippen LogP contribution in [0.1, 0.15) is 11.9 Å². The number of aromatic nitrogens is 2. The van der Waals surface area contributed by atoms with Crippen molar-refractivity contribution in [1.82, 2.24) is 10.2 Å². The normalized spacial score (nSPS) is 12.8. The molecule has 1 unspecified atom stereocenters. The van der Waals surface area contributed by atoms with E-state index in [2.05, 4.69) is 15.6 Å². The second-order valence-corrected chi connectivity index (χ2v) is 5.04. The van der Waals surface area contributed by atoms with E-state index in [1.54, 1.807) is 11.8 Å². The van der Waals surface area contributed by atoms with Crippen LogP contribution >= 0.6 is 23.1 Å². The van der Waals surface area contributed by atoms with Gasteiger partial charge in [0.05, 0.1) is 0 Å². The fraction of sp³-hybridized carbons (Fsp3) is 0.714. The minimum atomic E-state index is 0.235. The van der Waals surface area contributed by atoms with Gasteiger partial charge in [0, 0.05) is 12.4 Å². The van der Waals surface area contributed by atoms with Gasteiger partial charge in [0.25, 0.3) is 0 Å². The number of nitrogens with zero attached hydrogens (tertiary/aromatic N) is 2. The first-order chi connectivity index (χ1) is 6.76. The second kappa shape index (κ2) is 6.18. The molecule has 1 aromatic rings. The van der Waals surface area contributed by atoms with Crippen LogP contribution < -0.4 is 11.3 Å². The van der Waals surface area contributed by atoms with Crippen molar-refractivity contribution in [3.8, 4) is 0 Å². The van der Waals surface area contributed by atoms with Crippen molar-refractivity contribution in [2.24, 2.45) is 11.8 Å². The summed E-state index contributed by atoms with van der Waals surface area (Å²) in [4.78, 5) is 0. The van der Waals surface area contributed by atoms with E-state index in [0.29, 0.717) is 11.0 Å². The van der Waals surface area contributed by atoms with Crippen LogP contribution in [0.2, 0.25) is 0 Å². The summed E-state index contributed by atoms with van der Waals surface area (Å²) in [6.07, 6.45) is 0. The van der Waals surface area contributed by atoms with E-state index in [-0.39, 0.29) is 6.61 Å². The number of anilines is 1. The van der Waals surface area contributed by atoms with Crippen LogP contribution in [0.15, 0.2) is 0 Å². The molecule has 7 heteroatoms. The van der Waals surface area contributed by atoms with E-state index in [4.69, 9.17) is 10.9 Å². The number of nitrogens with one attached hydrogen (secondary N) is 1. The first-order valence-corrected chi connectivity index (χ1v) is 6.21. The van der Waals surface area contributed by atoms with E-state index in [1.807, 2.05) is 6.92 Å². The molecular formula is C7H14N4OS2. The first kappa shape index (κ1) is 11.7. The zero-order chi connectivity index (χ0) is 10.4. The number of hydrogen-bond donors (Lipinski definition) is 3. The average molecular weight is 234 g/mol. The largest absolute Gasteiger partial charge is 0.396 e. The maximum Gasteiger partial charge on any atom is 0.219 e. The van der Waals surface area contributed by atoms with E-state index >= 15 is 0 Å². The highest BCUT2D eigenvalue weighted by molar-refractivity contribution is 7.98. The predicted octanol–water partition coefficient (Wildman–Crippen LogP) is 0.685. The number of rotatable bonds is 6. The summed E-state index contributed by atoms with van der Waals surface area (Å²) in [6.45, 7) is 2.25. The van der Waals surface area contributed by atoms with Crippen molar-refractivity contribution < 1.29 is 5.11 Å². The number of hydrazine groups is 1. The Balaban J connectivity index is 2.24. The van der Waals surface area contributed by atoms with Gasteiger partial charge in [-0.05, 0) is 11.7 Å². The lowest BCUT2D eigenvalue weighted by Gasteiger charge is -2.04. The van der Waals surface area contributed by atoms with Crippen LogP contribution in [0.3, 0.4) is 0 Å². The summed E-state index contributed by atoms with van der Waals surface area (Å²) in [5.41, 5.74) is 2.45. The Bertz CT molecular complexity index is 268. The fourth-order valence-corrected chi connectivity index (χ4v) is 2.56. The molecule has 4 N–H and O–H groups in total. The highest BCUT2D eigenvalue weighted by Gasteiger charge is 2.04. The maximum atomic E-state index is 8.81. The van der Waals surface area contributed by atoms with Gasteiger partial charge in [-0.3, -0.25) is 5.43 Å². The molecule has 80 valence electrons. The Morgan fingerprint density at radius 1 is 1.64 bits per heavy atom. The summed E-state index contributed by atoms with van der Waals surface area (Å²) in [5.74, 6) is 7.27. The molecular weight excluding hydrogens is 220 g/mol. The Labute approximate surface area is 91.1 Å². The SMILES string of the molecule is CC(CO)CSCc1nnc(NN)s1. The van der Waals surface area contributed by atoms with Crippen LogP contribution in [0.5, 0.6) is 0 Å². The molecule has 1 heterocycles. The lowest BCUT2D eigenvalue weighted by Crippen LogP contribution is -2.05. The molecule has 0 aromatic carbocycles. The van der Waals surface area contributed by atoms with Crippen LogP contribution in [0.4, 0.5) is 5.13 Å². The zero-order valence-electron chi connectivity index (χ0n) is 7.93. The Morgan fingerprint density at radius 3 is 3.00 bits per heavy atom. The molecule has 1 aromatic heterocycles. The Morgan fingerprint density at radius 2 is 2.43 bits per heavy atom. The summed E-state index contributed by atoms with van der Waals surface area (Å²) in [5, 5.41) is 18.2. The molecule has 0 aliphatic heterocycles. The van der Waals surface area contributed by atoms with Gasteiger partial charge in [0.2, 0.25) is 5.13 Å². The Kier molecular flexibility index (Phi) is 5.16. The smallest absolute Gasteiger partial charge is 0.219 e. The third kappa shape index (κ3) is 3.79. The van der Waals surface area contributed by atoms with Crippen molar-refractivity contribution in [3.05, 3.63) is 5.01 Å². The molecule has 0 aliphatic carbocycles. The van der Waals surface area contributed by atoms with Gasteiger partial charge in [-0.1, -0.05) is 18.3 Å². The number of thioether (sulfide) groups is 1. The minimum Gasteiger partial charge on any atom is -0.396 e. The highest BCUT2D eigenvalue weighted by atomic mass is 32.2. The second-order valence-electron chi connectivity index (χ2n) is 2.95. The van der Waals surface area contributed by atoms with E-state index in [0.717, 1.165) is 16.5 Å². The number of aliphatic hydroxyl groups is 1. The van der Waals surface area contributed by atoms with E-state index in [9.17, 15) is 0 Å². The third-order valence-electron chi connectivity index (χ3n) is 1.53. The molecule has 0 aliphatic rings. The van der Waals surface area contributed by atoms with Gasteiger partial charge >= 0.3 is 0 Å². The van der Waals surface area contributed by atoms with Crippen molar-refractivity contribution >= 4 is 28.2 Å². The summed E-state index contributed by atoms with van der Waals surface area (Å²) in [6, 6.07) is 0. The number of aliphatic hydroxyl groups excluding tert-OH is 1. The third-order valence-corrected chi connectivity index (χ3v) is 3.85. The molecule has 14 heavy (non-hydrogen) atoms. The maximum absolute atomic E-state index is 8.81. The molecule has 1 atom stereocenters. The van der Waals surface area contributed by atoms with Gasteiger partial charge in [-0.2, -0.15) is 11.8 Å². The molecule has 0 radical (unpaired) electrons. The van der Waals surface area contributed by atoms with Gasteiger partial charge < -0.3 is 5.11 Å². The topological polar surface area (TPSA) is 84.1 Å². The van der Waals surface area contributed by atoms with Gasteiger partial charge in [-0.15, -0.1) is 10.2 Å². The zero-order valence-corrected chi connectivity index (χ0v) is 9.57. The van der Waals surface area contributed by atoms with Crippen LogP contribution in [-0.2, 0) is 5.75 Å². The molecule has 0 amide bonds. The van der Waals surface area contributed by atoms with Crippen molar-refractivity contribution in [3.63, 3.8) is 0 Å². The molecule has 0 saturated heterocycles. The number of nitrogens with two attached hydrogens (primary N) is 1. The lowest BCUT2D eigenvalue weighted by atomic mass is 10.2. The van der Waals surface area contributed by atoms with E-state index < -0.39 is 0 Å². The molecule has 1 rings (SSSR count). The molecule has 0 fully saturated rings. The van der Waals surface area contributed by atoms with Crippen LogP contribution in [0, 0.1) is 5.92 Å². The van der Waals surface area contributed by atoms with Crippen molar-refractivity contribution in [2.45, 2.75) is 12.7 Å². The minimum absolute atomic E-state index is 0.235. The molecule has 0 spiro atoms. The molecule has 0 saturated carbocycles. The quantitative estimate of drug-likeness (QED) is 0.496. The first-order valence-electron chi connectivity index (χ1n) is 4.24. The van der Waals surface area contributed by atoms with Crippen molar-refractivity contribution in [2.75, 3.05) is 17.8 Å². The monoisotopic (exact) mass is 234 g/mol. The van der Waals surface area contributed by atoms with Gasteiger partial charge in [0.1, 0.15) is 5.01 Å². The predicted molar refractivity (Wildman–Crippen MR) is 60.1 cm³/mol. The van der Waals surface area contributed by atoms with Crippen LogP contribution in [-0.4, -0.2) is 27.7 Å². The van der Waals surface area contributed by atoms with E-state index in [1.165, 1.54) is 11.3 Å². The Hall–Kier alpha value is -0.370. The van der Waals surface area contributed by atoms with Crippen LogP contribution in [0.25, 0.3) is 0 Å². The lowest BCUT2D eigenvalue weighted by molar-refractivity contribution is 0.250. The molecule has 5 nitrogen and oxygen atoms in total. The average Bonchev–Trinajstić information content (AvgIpc) is 2.65. The summed E-state index contributed by atoms with van der Waals surface area (Å²) in [7, 11) is 0. The summed E-state index contributed by atoms with van der Waals surface area (Å²) >= 11 is 3.19. The standard InChI is InChI=1S/C7H14N4OS2/c1-5(2-12)3-13-4-6-10-11-7(9-8)14-6/h5,12H,2-4,8H2,1H3,(H,9,11). The van der Waals surface area contributed by atoms with Gasteiger partial charge in [0.15, 0.2) is 0 Å². The molecule has 0 bridgehead atoms. The highest BCUT2D eigenvalue weighted by Crippen LogP contribution is 2.20. The number of hydrogen-bond acceptors (Lipinski definition) is 7. The number of nitrogen functional groups attached to an aromatic ring is 1.